The van der Waals surface area contributed by atoms with E-state index >= 15 is 0 Å². The second-order valence-corrected chi connectivity index (χ2v) is 8.59. The third kappa shape index (κ3) is 6.10. The molecule has 3 aromatic carbocycles. The predicted molar refractivity (Wildman–Crippen MR) is 145 cm³/mol. The molecule has 192 valence electrons. The Hall–Kier alpha value is -4.85. The largest absolute Gasteiger partial charge is 0.497 e. The molecule has 0 saturated carbocycles. The number of aromatic nitrogens is 3. The van der Waals surface area contributed by atoms with Crippen LogP contribution in [0.3, 0.4) is 0 Å². The molecule has 0 bridgehead atoms. The van der Waals surface area contributed by atoms with Crippen molar-refractivity contribution in [2.75, 3.05) is 20.3 Å². The number of hydrogen-bond donors (Lipinski definition) is 1. The summed E-state index contributed by atoms with van der Waals surface area (Å²) in [6.45, 7) is 1.52. The average molecular weight is 509 g/mol. The number of benzene rings is 3. The Kier molecular flexibility index (Phi) is 7.79. The summed E-state index contributed by atoms with van der Waals surface area (Å²) in [5.41, 5.74) is 4.12. The van der Waals surface area contributed by atoms with Gasteiger partial charge in [0, 0.05) is 42.7 Å². The molecule has 0 aliphatic carbocycles. The number of carbonyl (C=O) groups is 1. The molecule has 8 heteroatoms. The van der Waals surface area contributed by atoms with Gasteiger partial charge >= 0.3 is 0 Å². The van der Waals surface area contributed by atoms with E-state index in [1.165, 1.54) is 0 Å². The van der Waals surface area contributed by atoms with Crippen LogP contribution in [0.2, 0.25) is 0 Å². The lowest BCUT2D eigenvalue weighted by molar-refractivity contribution is 0.0951. The molecule has 0 atom stereocenters. The first-order valence-corrected chi connectivity index (χ1v) is 12.3. The molecule has 1 N–H and O–H groups in total. The Morgan fingerprint density at radius 3 is 2.50 bits per heavy atom. The van der Waals surface area contributed by atoms with Crippen LogP contribution < -0.4 is 19.5 Å². The van der Waals surface area contributed by atoms with E-state index in [1.807, 2.05) is 77.4 Å². The third-order valence-electron chi connectivity index (χ3n) is 5.97. The maximum Gasteiger partial charge on any atom is 0.251 e. The van der Waals surface area contributed by atoms with E-state index in [4.69, 9.17) is 14.2 Å². The summed E-state index contributed by atoms with van der Waals surface area (Å²) in [6.07, 6.45) is 5.95. The van der Waals surface area contributed by atoms with Crippen molar-refractivity contribution in [3.63, 3.8) is 0 Å². The molecule has 2 aromatic heterocycles. The summed E-state index contributed by atoms with van der Waals surface area (Å²) in [4.78, 5) is 21.2. The van der Waals surface area contributed by atoms with E-state index < -0.39 is 0 Å². The molecular weight excluding hydrogens is 480 g/mol. The molecule has 1 amide bonds. The predicted octanol–water partition coefficient (Wildman–Crippen LogP) is 5.21. The van der Waals surface area contributed by atoms with Crippen molar-refractivity contribution in [2.24, 2.45) is 0 Å². The van der Waals surface area contributed by atoms with Gasteiger partial charge in [0.1, 0.15) is 23.6 Å². The van der Waals surface area contributed by atoms with Crippen molar-refractivity contribution in [1.82, 2.24) is 19.9 Å². The van der Waals surface area contributed by atoms with Crippen molar-refractivity contribution < 1.29 is 19.0 Å². The molecule has 0 radical (unpaired) electrons. The lowest BCUT2D eigenvalue weighted by Gasteiger charge is -2.10. The van der Waals surface area contributed by atoms with Crippen molar-refractivity contribution in [3.8, 4) is 22.9 Å². The molecule has 5 rings (SSSR count). The molecule has 8 nitrogen and oxygen atoms in total. The number of nitrogens with one attached hydrogen (secondary N) is 1. The van der Waals surface area contributed by atoms with Crippen LogP contribution in [0.1, 0.15) is 22.3 Å². The van der Waals surface area contributed by atoms with Crippen molar-refractivity contribution in [1.29, 1.82) is 0 Å². The van der Waals surface area contributed by atoms with Crippen LogP contribution in [-0.2, 0) is 6.54 Å². The number of fused-ring (bicyclic) bond motifs is 1. The van der Waals surface area contributed by atoms with Crippen LogP contribution in [-0.4, -0.2) is 40.8 Å². The Bertz CT molecular complexity index is 1500. The maximum absolute atomic E-state index is 12.6. The van der Waals surface area contributed by atoms with Crippen molar-refractivity contribution in [3.05, 3.63) is 109 Å². The van der Waals surface area contributed by atoms with Gasteiger partial charge in [-0.2, -0.15) is 0 Å². The summed E-state index contributed by atoms with van der Waals surface area (Å²) in [6, 6.07) is 24.7. The number of amides is 1. The number of carbonyl (C=O) groups excluding carboxylic acids is 1. The topological polar surface area (TPSA) is 87.5 Å². The number of hydrogen-bond acceptors (Lipinski definition) is 6. The summed E-state index contributed by atoms with van der Waals surface area (Å²) in [7, 11) is 1.64. The normalized spacial score (nSPS) is 10.8. The SMILES string of the molecule is COc1cccc(OCCCOc2ccc(-n3cnc4cc(C(=O)NCc5cccnc5)ccc43)cc2)c1. The molecule has 0 spiro atoms. The highest BCUT2D eigenvalue weighted by Gasteiger charge is 2.10. The molecule has 2 heterocycles. The van der Waals surface area contributed by atoms with E-state index in [0.717, 1.165) is 46.0 Å². The highest BCUT2D eigenvalue weighted by atomic mass is 16.5. The Morgan fingerprint density at radius 2 is 1.71 bits per heavy atom. The zero-order valence-electron chi connectivity index (χ0n) is 21.0. The first-order valence-electron chi connectivity index (χ1n) is 12.3. The number of rotatable bonds is 11. The lowest BCUT2D eigenvalue weighted by atomic mass is 10.1. The number of ether oxygens (including phenoxy) is 3. The van der Waals surface area contributed by atoms with Gasteiger partial charge in [-0.05, 0) is 66.2 Å². The monoisotopic (exact) mass is 508 g/mol. The van der Waals surface area contributed by atoms with Gasteiger partial charge in [-0.1, -0.05) is 12.1 Å². The minimum Gasteiger partial charge on any atom is -0.497 e. The third-order valence-corrected chi connectivity index (χ3v) is 5.97. The number of pyridine rings is 1. The van der Waals surface area contributed by atoms with Gasteiger partial charge < -0.3 is 19.5 Å². The minimum atomic E-state index is -0.152. The van der Waals surface area contributed by atoms with E-state index in [9.17, 15) is 4.79 Å². The van der Waals surface area contributed by atoms with Crippen LogP contribution in [0.4, 0.5) is 0 Å². The highest BCUT2D eigenvalue weighted by Crippen LogP contribution is 2.22. The van der Waals surface area contributed by atoms with Crippen LogP contribution in [0, 0.1) is 0 Å². The smallest absolute Gasteiger partial charge is 0.251 e. The molecule has 38 heavy (non-hydrogen) atoms. The number of imidazole rings is 1. The second kappa shape index (κ2) is 11.9. The Balaban J connectivity index is 1.14. The molecule has 0 aliphatic rings. The molecule has 0 saturated heterocycles. The lowest BCUT2D eigenvalue weighted by Crippen LogP contribution is -2.22. The summed E-state index contributed by atoms with van der Waals surface area (Å²) < 4.78 is 18.8. The molecule has 0 fully saturated rings. The van der Waals surface area contributed by atoms with E-state index in [-0.39, 0.29) is 5.91 Å². The van der Waals surface area contributed by atoms with Gasteiger partial charge in [0.25, 0.3) is 5.91 Å². The fourth-order valence-corrected chi connectivity index (χ4v) is 3.98. The second-order valence-electron chi connectivity index (χ2n) is 8.59. The Labute approximate surface area is 220 Å². The molecular formula is C30H28N4O4. The van der Waals surface area contributed by atoms with Crippen LogP contribution in [0.5, 0.6) is 17.2 Å². The summed E-state index contributed by atoms with van der Waals surface area (Å²) in [5, 5.41) is 2.92. The molecule has 0 aliphatic heterocycles. The fraction of sp³-hybridized carbons (Fsp3) is 0.167. The first-order chi connectivity index (χ1) is 18.7. The van der Waals surface area contributed by atoms with Crippen LogP contribution >= 0.6 is 0 Å². The van der Waals surface area contributed by atoms with Gasteiger partial charge in [-0.15, -0.1) is 0 Å². The first kappa shape index (κ1) is 24.8. The van der Waals surface area contributed by atoms with E-state index in [1.54, 1.807) is 31.9 Å². The van der Waals surface area contributed by atoms with Crippen molar-refractivity contribution >= 4 is 16.9 Å². The van der Waals surface area contributed by atoms with E-state index in [2.05, 4.69) is 15.3 Å². The van der Waals surface area contributed by atoms with Gasteiger partial charge in [0.15, 0.2) is 0 Å². The zero-order valence-corrected chi connectivity index (χ0v) is 21.0. The molecule has 0 unspecified atom stereocenters. The number of nitrogens with zero attached hydrogens (tertiary/aromatic N) is 3. The Morgan fingerprint density at radius 1 is 0.895 bits per heavy atom. The van der Waals surface area contributed by atoms with Gasteiger partial charge in [-0.25, -0.2) is 4.98 Å². The zero-order chi connectivity index (χ0) is 26.2. The van der Waals surface area contributed by atoms with Crippen LogP contribution in [0.25, 0.3) is 16.7 Å². The maximum atomic E-state index is 12.6. The number of methoxy groups -OCH3 is 1. The van der Waals surface area contributed by atoms with Crippen molar-refractivity contribution in [2.45, 2.75) is 13.0 Å². The fourth-order valence-electron chi connectivity index (χ4n) is 3.98. The minimum absolute atomic E-state index is 0.152. The summed E-state index contributed by atoms with van der Waals surface area (Å²) >= 11 is 0. The van der Waals surface area contributed by atoms with Crippen LogP contribution in [0.15, 0.2) is 97.6 Å². The highest BCUT2D eigenvalue weighted by molar-refractivity contribution is 5.97. The van der Waals surface area contributed by atoms with E-state index in [0.29, 0.717) is 25.3 Å². The standard InChI is InChI=1S/C30H28N4O4/c1-36-26-6-2-7-27(18-26)38-16-4-15-37-25-11-9-24(10-12-25)34-21-33-28-17-23(8-13-29(28)34)30(35)32-20-22-5-3-14-31-19-22/h2-3,5-14,17-19,21H,4,15-16,20H2,1H3,(H,32,35). The van der Waals surface area contributed by atoms with Gasteiger partial charge in [0.2, 0.25) is 0 Å². The quantitative estimate of drug-likeness (QED) is 0.247. The summed E-state index contributed by atoms with van der Waals surface area (Å²) in [5.74, 6) is 2.18. The average Bonchev–Trinajstić information content (AvgIpc) is 3.40. The van der Waals surface area contributed by atoms with Gasteiger partial charge in [-0.3, -0.25) is 14.3 Å². The van der Waals surface area contributed by atoms with Gasteiger partial charge in [0.05, 0.1) is 31.4 Å². The molecule has 5 aromatic rings.